The van der Waals surface area contributed by atoms with E-state index in [9.17, 15) is 4.79 Å². The highest BCUT2D eigenvalue weighted by atomic mass is 16.7. The van der Waals surface area contributed by atoms with Gasteiger partial charge in [0.25, 0.3) is 5.79 Å². The fraction of sp³-hybridized carbons (Fsp3) is 0.875. The van der Waals surface area contributed by atoms with Gasteiger partial charge < -0.3 is 14.6 Å². The molecule has 2 unspecified atom stereocenters. The second kappa shape index (κ2) is 3.03. The molecule has 0 aromatic carbocycles. The summed E-state index contributed by atoms with van der Waals surface area (Å²) in [6.45, 7) is 5.13. The van der Waals surface area contributed by atoms with Crippen molar-refractivity contribution in [2.75, 3.05) is 0 Å². The van der Waals surface area contributed by atoms with Crippen molar-refractivity contribution < 1.29 is 19.4 Å². The Labute approximate surface area is 71.5 Å². The van der Waals surface area contributed by atoms with Gasteiger partial charge in [0.15, 0.2) is 0 Å². The summed E-state index contributed by atoms with van der Waals surface area (Å²) >= 11 is 0. The molecule has 2 atom stereocenters. The highest BCUT2D eigenvalue weighted by Gasteiger charge is 2.42. The predicted molar refractivity (Wildman–Crippen MR) is 41.8 cm³/mol. The van der Waals surface area contributed by atoms with E-state index < -0.39 is 11.8 Å². The van der Waals surface area contributed by atoms with Crippen molar-refractivity contribution in [1.82, 2.24) is 0 Å². The van der Waals surface area contributed by atoms with Gasteiger partial charge in [-0.2, -0.15) is 0 Å². The molecule has 4 nitrogen and oxygen atoms in total. The Morgan fingerprint density at radius 3 is 2.17 bits per heavy atom. The highest BCUT2D eigenvalue weighted by Crippen LogP contribution is 2.26. The van der Waals surface area contributed by atoms with Gasteiger partial charge in [-0.1, -0.05) is 0 Å². The first-order valence-corrected chi connectivity index (χ1v) is 4.03. The van der Waals surface area contributed by atoms with Gasteiger partial charge >= 0.3 is 5.97 Å². The fourth-order valence-corrected chi connectivity index (χ4v) is 1.46. The van der Waals surface area contributed by atoms with Crippen LogP contribution in [-0.2, 0) is 14.3 Å². The predicted octanol–water partition coefficient (Wildman–Crippen LogP) is 1.00. The van der Waals surface area contributed by atoms with E-state index in [1.807, 2.05) is 13.8 Å². The number of carbonyl (C=O) groups is 1. The van der Waals surface area contributed by atoms with E-state index >= 15 is 0 Å². The summed E-state index contributed by atoms with van der Waals surface area (Å²) in [7, 11) is 0. The molecule has 0 spiro atoms. The van der Waals surface area contributed by atoms with Crippen molar-refractivity contribution in [3.05, 3.63) is 0 Å². The summed E-state index contributed by atoms with van der Waals surface area (Å²) in [5, 5.41) is 8.78. The van der Waals surface area contributed by atoms with Gasteiger partial charge in [-0.3, -0.25) is 0 Å². The van der Waals surface area contributed by atoms with Gasteiger partial charge in [-0.15, -0.1) is 0 Å². The molecule has 1 aliphatic heterocycles. The first-order chi connectivity index (χ1) is 5.44. The van der Waals surface area contributed by atoms with Crippen LogP contribution in [-0.4, -0.2) is 29.1 Å². The van der Waals surface area contributed by atoms with Crippen LogP contribution in [0.4, 0.5) is 0 Å². The Balaban J connectivity index is 2.71. The van der Waals surface area contributed by atoms with Gasteiger partial charge in [-0.05, 0) is 20.3 Å². The first-order valence-electron chi connectivity index (χ1n) is 4.03. The third-order valence-electron chi connectivity index (χ3n) is 1.90. The summed E-state index contributed by atoms with van der Waals surface area (Å²) in [4.78, 5) is 10.7. The van der Waals surface area contributed by atoms with Crippen LogP contribution in [0.2, 0.25) is 0 Å². The molecule has 1 N–H and O–H groups in total. The average Bonchev–Trinajstić information content (AvgIpc) is 1.82. The minimum Gasteiger partial charge on any atom is -0.477 e. The lowest BCUT2D eigenvalue weighted by atomic mass is 10.1. The van der Waals surface area contributed by atoms with Crippen molar-refractivity contribution in [2.45, 2.75) is 45.2 Å². The van der Waals surface area contributed by atoms with Crippen molar-refractivity contribution >= 4 is 5.97 Å². The Bertz CT molecular complexity index is 179. The van der Waals surface area contributed by atoms with Crippen LogP contribution in [0.3, 0.4) is 0 Å². The molecule has 0 amide bonds. The second-order valence-corrected chi connectivity index (χ2v) is 3.34. The molecule has 0 radical (unpaired) electrons. The average molecular weight is 174 g/mol. The second-order valence-electron chi connectivity index (χ2n) is 3.34. The molecule has 0 aliphatic carbocycles. The Morgan fingerprint density at radius 2 is 1.83 bits per heavy atom. The number of hydrogen-bond acceptors (Lipinski definition) is 3. The molecule has 1 aliphatic rings. The maximum atomic E-state index is 10.7. The van der Waals surface area contributed by atoms with Crippen LogP contribution in [0.25, 0.3) is 0 Å². The zero-order valence-electron chi connectivity index (χ0n) is 7.53. The number of rotatable bonds is 1. The quantitative estimate of drug-likeness (QED) is 0.644. The van der Waals surface area contributed by atoms with Gasteiger partial charge in [0.2, 0.25) is 0 Å². The van der Waals surface area contributed by atoms with E-state index in [4.69, 9.17) is 14.6 Å². The zero-order valence-corrected chi connectivity index (χ0v) is 7.53. The van der Waals surface area contributed by atoms with Crippen molar-refractivity contribution in [2.24, 2.45) is 0 Å². The monoisotopic (exact) mass is 174 g/mol. The molecule has 1 fully saturated rings. The van der Waals surface area contributed by atoms with Gasteiger partial charge in [-0.25, -0.2) is 4.79 Å². The molecule has 70 valence electrons. The summed E-state index contributed by atoms with van der Waals surface area (Å²) in [5.74, 6) is -2.53. The van der Waals surface area contributed by atoms with E-state index in [2.05, 4.69) is 0 Å². The Morgan fingerprint density at radius 1 is 1.42 bits per heavy atom. The minimum absolute atomic E-state index is 0.0603. The SMILES string of the molecule is CC1CC(C)OC(C)(C(=O)O)O1. The number of carboxylic acids is 1. The zero-order chi connectivity index (χ0) is 9.35. The number of hydrogen-bond donors (Lipinski definition) is 1. The molecule has 0 saturated carbocycles. The third kappa shape index (κ3) is 1.76. The van der Waals surface area contributed by atoms with E-state index in [0.717, 1.165) is 6.42 Å². The number of ether oxygens (including phenoxy) is 2. The van der Waals surface area contributed by atoms with E-state index in [1.165, 1.54) is 6.92 Å². The van der Waals surface area contributed by atoms with Crippen LogP contribution >= 0.6 is 0 Å². The Kier molecular flexibility index (Phi) is 2.39. The molecule has 12 heavy (non-hydrogen) atoms. The largest absolute Gasteiger partial charge is 0.477 e. The maximum Gasteiger partial charge on any atom is 0.364 e. The Hall–Kier alpha value is -0.610. The lowest BCUT2D eigenvalue weighted by Crippen LogP contribution is -2.50. The van der Waals surface area contributed by atoms with Crippen molar-refractivity contribution in [3.63, 3.8) is 0 Å². The van der Waals surface area contributed by atoms with Crippen LogP contribution in [0.5, 0.6) is 0 Å². The van der Waals surface area contributed by atoms with E-state index in [0.29, 0.717) is 0 Å². The maximum absolute atomic E-state index is 10.7. The van der Waals surface area contributed by atoms with Crippen molar-refractivity contribution in [3.8, 4) is 0 Å². The smallest absolute Gasteiger partial charge is 0.364 e. The molecule has 1 saturated heterocycles. The third-order valence-corrected chi connectivity index (χ3v) is 1.90. The van der Waals surface area contributed by atoms with E-state index in [-0.39, 0.29) is 12.2 Å². The van der Waals surface area contributed by atoms with Crippen molar-refractivity contribution in [1.29, 1.82) is 0 Å². The minimum atomic E-state index is -1.46. The van der Waals surface area contributed by atoms with Gasteiger partial charge in [0.1, 0.15) is 0 Å². The summed E-state index contributed by atoms with van der Waals surface area (Å²) < 4.78 is 10.4. The molecule has 4 heteroatoms. The summed E-state index contributed by atoms with van der Waals surface area (Å²) in [5.41, 5.74) is 0. The topological polar surface area (TPSA) is 55.8 Å². The molecule has 1 heterocycles. The number of carboxylic acid groups (broad SMARTS) is 1. The van der Waals surface area contributed by atoms with E-state index in [1.54, 1.807) is 0 Å². The molecule has 0 aromatic rings. The summed E-state index contributed by atoms with van der Waals surface area (Å²) in [6.07, 6.45) is 0.618. The number of aliphatic carboxylic acids is 1. The summed E-state index contributed by atoms with van der Waals surface area (Å²) in [6, 6.07) is 0. The van der Waals surface area contributed by atoms with Crippen LogP contribution in [0, 0.1) is 0 Å². The molecule has 0 aromatic heterocycles. The lowest BCUT2D eigenvalue weighted by Gasteiger charge is -2.37. The normalized spacial score (nSPS) is 42.6. The van der Waals surface area contributed by atoms with Crippen LogP contribution in [0.1, 0.15) is 27.2 Å². The first kappa shape index (κ1) is 9.48. The van der Waals surface area contributed by atoms with Crippen LogP contribution in [0.15, 0.2) is 0 Å². The molecule has 1 rings (SSSR count). The lowest BCUT2D eigenvalue weighted by molar-refractivity contribution is -0.295. The molecular weight excluding hydrogens is 160 g/mol. The van der Waals surface area contributed by atoms with Gasteiger partial charge in [0.05, 0.1) is 12.2 Å². The van der Waals surface area contributed by atoms with Gasteiger partial charge in [0, 0.05) is 6.92 Å². The highest BCUT2D eigenvalue weighted by molar-refractivity contribution is 5.75. The standard InChI is InChI=1S/C8H14O4/c1-5-4-6(2)12-8(3,11-5)7(9)10/h5-6H,4H2,1-3H3,(H,9,10). The fourth-order valence-electron chi connectivity index (χ4n) is 1.46. The van der Waals surface area contributed by atoms with Crippen LogP contribution < -0.4 is 0 Å². The molecular formula is C8H14O4. The molecule has 0 bridgehead atoms.